The summed E-state index contributed by atoms with van der Waals surface area (Å²) in [6.07, 6.45) is -2.81. The standard InChI is InChI=1S/C18H10F3N3O3S2/c19-18(20,21)11-5-3-10(4-6-11)15-22-14(27-23-15)9-24-16(25)13(29-17(24)26)8-12-2-1-7-28-12/h1-8H,9H2. The third-order valence-corrected chi connectivity index (χ3v) is 5.65. The third-order valence-electron chi connectivity index (χ3n) is 3.92. The van der Waals surface area contributed by atoms with Crippen LogP contribution in [-0.4, -0.2) is 26.2 Å². The Kier molecular flexibility index (Phi) is 5.01. The molecule has 6 nitrogen and oxygen atoms in total. The molecule has 4 rings (SSSR count). The van der Waals surface area contributed by atoms with Crippen molar-refractivity contribution in [2.24, 2.45) is 0 Å². The van der Waals surface area contributed by atoms with Crippen molar-refractivity contribution in [3.05, 3.63) is 63.0 Å². The smallest absolute Gasteiger partial charge is 0.337 e. The number of carbonyl (C=O) groups is 2. The predicted molar refractivity (Wildman–Crippen MR) is 101 cm³/mol. The summed E-state index contributed by atoms with van der Waals surface area (Å²) in [6.45, 7) is -0.222. The summed E-state index contributed by atoms with van der Waals surface area (Å²) in [7, 11) is 0. The zero-order chi connectivity index (χ0) is 20.6. The lowest BCUT2D eigenvalue weighted by molar-refractivity contribution is -0.137. The normalized spacial score (nSPS) is 16.2. The highest BCUT2D eigenvalue weighted by Gasteiger charge is 2.36. The highest BCUT2D eigenvalue weighted by molar-refractivity contribution is 8.18. The van der Waals surface area contributed by atoms with Crippen molar-refractivity contribution in [1.29, 1.82) is 0 Å². The van der Waals surface area contributed by atoms with E-state index in [1.807, 2.05) is 17.5 Å². The highest BCUT2D eigenvalue weighted by atomic mass is 32.2. The molecule has 0 bridgehead atoms. The summed E-state index contributed by atoms with van der Waals surface area (Å²) in [5, 5.41) is 5.11. The van der Waals surface area contributed by atoms with Crippen LogP contribution in [0.3, 0.4) is 0 Å². The Bertz CT molecular complexity index is 1090. The molecule has 0 spiro atoms. The van der Waals surface area contributed by atoms with Gasteiger partial charge in [0.15, 0.2) is 0 Å². The summed E-state index contributed by atoms with van der Waals surface area (Å²) in [5.74, 6) is -0.405. The van der Waals surface area contributed by atoms with Gasteiger partial charge in [-0.3, -0.25) is 14.5 Å². The molecule has 0 unspecified atom stereocenters. The van der Waals surface area contributed by atoms with Crippen molar-refractivity contribution in [2.45, 2.75) is 12.7 Å². The molecule has 29 heavy (non-hydrogen) atoms. The topological polar surface area (TPSA) is 76.3 Å². The first-order valence-corrected chi connectivity index (χ1v) is 9.80. The molecule has 1 aromatic carbocycles. The molecule has 3 aromatic rings. The molecule has 0 radical (unpaired) electrons. The van der Waals surface area contributed by atoms with Crippen LogP contribution in [0.25, 0.3) is 17.5 Å². The summed E-state index contributed by atoms with van der Waals surface area (Å²) in [4.78, 5) is 30.8. The summed E-state index contributed by atoms with van der Waals surface area (Å²) in [5.41, 5.74) is -0.472. The van der Waals surface area contributed by atoms with E-state index in [0.717, 1.165) is 33.7 Å². The number of aromatic nitrogens is 2. The van der Waals surface area contributed by atoms with E-state index >= 15 is 0 Å². The first kappa shape index (κ1) is 19.4. The Balaban J connectivity index is 1.49. The number of thioether (sulfide) groups is 1. The van der Waals surface area contributed by atoms with Crippen LogP contribution in [0.5, 0.6) is 0 Å². The van der Waals surface area contributed by atoms with Gasteiger partial charge in [-0.1, -0.05) is 23.4 Å². The Morgan fingerprint density at radius 3 is 2.55 bits per heavy atom. The molecule has 0 saturated carbocycles. The minimum Gasteiger partial charge on any atom is -0.337 e. The van der Waals surface area contributed by atoms with Gasteiger partial charge >= 0.3 is 6.18 Å². The van der Waals surface area contributed by atoms with Crippen LogP contribution < -0.4 is 0 Å². The molecular weight excluding hydrogens is 427 g/mol. The lowest BCUT2D eigenvalue weighted by Crippen LogP contribution is -2.27. The maximum absolute atomic E-state index is 12.7. The summed E-state index contributed by atoms with van der Waals surface area (Å²) < 4.78 is 43.0. The van der Waals surface area contributed by atoms with Gasteiger partial charge in [0.2, 0.25) is 11.7 Å². The molecule has 2 amide bonds. The van der Waals surface area contributed by atoms with Crippen molar-refractivity contribution in [3.63, 3.8) is 0 Å². The minimum atomic E-state index is -4.44. The van der Waals surface area contributed by atoms with Crippen LogP contribution in [0, 0.1) is 0 Å². The monoisotopic (exact) mass is 437 g/mol. The van der Waals surface area contributed by atoms with Gasteiger partial charge in [-0.05, 0) is 41.4 Å². The Morgan fingerprint density at radius 1 is 1.14 bits per heavy atom. The number of thiophene rings is 1. The number of halogens is 3. The Labute approximate surface area is 170 Å². The van der Waals surface area contributed by atoms with Crippen molar-refractivity contribution in [2.75, 3.05) is 0 Å². The quantitative estimate of drug-likeness (QED) is 0.532. The molecule has 0 N–H and O–H groups in total. The maximum atomic E-state index is 12.7. The second kappa shape index (κ2) is 7.48. The Morgan fingerprint density at radius 2 is 1.90 bits per heavy atom. The molecule has 1 saturated heterocycles. The molecular formula is C18H10F3N3O3S2. The van der Waals surface area contributed by atoms with Crippen molar-refractivity contribution in [3.8, 4) is 11.4 Å². The van der Waals surface area contributed by atoms with Gasteiger partial charge < -0.3 is 4.52 Å². The molecule has 0 aliphatic carbocycles. The second-order valence-electron chi connectivity index (χ2n) is 5.87. The Hall–Kier alpha value is -2.92. The maximum Gasteiger partial charge on any atom is 0.416 e. The van der Waals surface area contributed by atoms with Gasteiger partial charge in [0.25, 0.3) is 11.1 Å². The van der Waals surface area contributed by atoms with Crippen molar-refractivity contribution in [1.82, 2.24) is 15.0 Å². The van der Waals surface area contributed by atoms with E-state index in [1.54, 1.807) is 6.08 Å². The van der Waals surface area contributed by atoms with E-state index in [0.29, 0.717) is 10.5 Å². The molecule has 11 heteroatoms. The van der Waals surface area contributed by atoms with Crippen LogP contribution in [0.15, 0.2) is 51.2 Å². The van der Waals surface area contributed by atoms with Gasteiger partial charge in [0.1, 0.15) is 6.54 Å². The number of hydrogen-bond acceptors (Lipinski definition) is 7. The average molecular weight is 437 g/mol. The van der Waals surface area contributed by atoms with Crippen LogP contribution >= 0.6 is 23.1 Å². The summed E-state index contributed by atoms with van der Waals surface area (Å²) in [6, 6.07) is 7.94. The third kappa shape index (κ3) is 4.10. The van der Waals surface area contributed by atoms with E-state index in [-0.39, 0.29) is 18.3 Å². The minimum absolute atomic E-state index is 0.000397. The predicted octanol–water partition coefficient (Wildman–Crippen LogP) is 5.05. The number of imide groups is 1. The zero-order valence-electron chi connectivity index (χ0n) is 14.3. The number of carbonyl (C=O) groups excluding carboxylic acids is 2. The average Bonchev–Trinajstić information content (AvgIpc) is 3.40. The lowest BCUT2D eigenvalue weighted by Gasteiger charge is -2.08. The van der Waals surface area contributed by atoms with Crippen LogP contribution in [0.1, 0.15) is 16.3 Å². The SMILES string of the molecule is O=C1SC(=Cc2cccs2)C(=O)N1Cc1nc(-c2ccc(C(F)(F)F)cc2)no1. The highest BCUT2D eigenvalue weighted by Crippen LogP contribution is 2.34. The van der Waals surface area contributed by atoms with Gasteiger partial charge in [-0.15, -0.1) is 11.3 Å². The van der Waals surface area contributed by atoms with Crippen LogP contribution in [0.4, 0.5) is 18.0 Å². The number of alkyl halides is 3. The summed E-state index contributed by atoms with van der Waals surface area (Å²) >= 11 is 2.25. The van der Waals surface area contributed by atoms with Crippen LogP contribution in [0.2, 0.25) is 0 Å². The number of amides is 2. The lowest BCUT2D eigenvalue weighted by atomic mass is 10.1. The number of hydrogen-bond donors (Lipinski definition) is 0. The number of benzene rings is 1. The van der Waals surface area contributed by atoms with Crippen molar-refractivity contribution >= 4 is 40.3 Å². The zero-order valence-corrected chi connectivity index (χ0v) is 16.0. The molecule has 2 aromatic heterocycles. The molecule has 1 fully saturated rings. The van der Waals surface area contributed by atoms with Crippen LogP contribution in [-0.2, 0) is 17.5 Å². The number of nitrogens with zero attached hydrogens (tertiary/aromatic N) is 3. The van der Waals surface area contributed by atoms with Crippen molar-refractivity contribution < 1.29 is 27.3 Å². The van der Waals surface area contributed by atoms with Gasteiger partial charge in [0, 0.05) is 10.4 Å². The molecule has 0 atom stereocenters. The van der Waals surface area contributed by atoms with Gasteiger partial charge in [0.05, 0.1) is 10.5 Å². The van der Waals surface area contributed by atoms with E-state index in [9.17, 15) is 22.8 Å². The first-order chi connectivity index (χ1) is 13.8. The molecule has 3 heterocycles. The fraction of sp³-hybridized carbons (Fsp3) is 0.111. The van der Waals surface area contributed by atoms with E-state index < -0.39 is 22.9 Å². The van der Waals surface area contributed by atoms with E-state index in [2.05, 4.69) is 10.1 Å². The molecule has 148 valence electrons. The fourth-order valence-corrected chi connectivity index (χ4v) is 4.08. The van der Waals surface area contributed by atoms with E-state index in [4.69, 9.17) is 4.52 Å². The molecule has 1 aliphatic rings. The van der Waals surface area contributed by atoms with E-state index in [1.165, 1.54) is 23.5 Å². The number of rotatable bonds is 4. The second-order valence-corrected chi connectivity index (χ2v) is 7.84. The fourth-order valence-electron chi connectivity index (χ4n) is 2.52. The molecule has 1 aliphatic heterocycles. The van der Waals surface area contributed by atoms with Gasteiger partial charge in [-0.2, -0.15) is 18.2 Å². The largest absolute Gasteiger partial charge is 0.416 e. The van der Waals surface area contributed by atoms with Gasteiger partial charge in [-0.25, -0.2) is 0 Å². The first-order valence-electron chi connectivity index (χ1n) is 8.10.